The summed E-state index contributed by atoms with van der Waals surface area (Å²) in [5.74, 6) is 1.20. The molecule has 0 aliphatic heterocycles. The van der Waals surface area contributed by atoms with Crippen LogP contribution in [-0.4, -0.2) is 18.2 Å². The SMILES string of the molecule is CN(C(=O)O)c1cc(Oc2ccc(Cc3ccccc3)cc2)ccc1N. The normalized spacial score (nSPS) is 10.3. The molecule has 132 valence electrons. The van der Waals surface area contributed by atoms with Crippen molar-refractivity contribution in [3.05, 3.63) is 83.9 Å². The van der Waals surface area contributed by atoms with Crippen LogP contribution in [0.25, 0.3) is 0 Å². The summed E-state index contributed by atoms with van der Waals surface area (Å²) in [5, 5.41) is 9.12. The zero-order valence-corrected chi connectivity index (χ0v) is 14.4. The number of nitrogens with zero attached hydrogens (tertiary/aromatic N) is 1. The lowest BCUT2D eigenvalue weighted by Gasteiger charge is -2.17. The number of hydrogen-bond donors (Lipinski definition) is 2. The van der Waals surface area contributed by atoms with Gasteiger partial charge in [-0.1, -0.05) is 42.5 Å². The molecule has 0 atom stereocenters. The van der Waals surface area contributed by atoms with E-state index in [1.165, 1.54) is 18.2 Å². The first-order chi connectivity index (χ1) is 12.5. The molecule has 0 heterocycles. The monoisotopic (exact) mass is 348 g/mol. The Balaban J connectivity index is 1.73. The second-order valence-corrected chi connectivity index (χ2v) is 5.97. The molecular weight excluding hydrogens is 328 g/mol. The summed E-state index contributed by atoms with van der Waals surface area (Å²) in [4.78, 5) is 12.2. The molecule has 0 saturated carbocycles. The van der Waals surface area contributed by atoms with E-state index >= 15 is 0 Å². The van der Waals surface area contributed by atoms with E-state index in [2.05, 4.69) is 12.1 Å². The van der Waals surface area contributed by atoms with E-state index in [-0.39, 0.29) is 0 Å². The zero-order valence-electron chi connectivity index (χ0n) is 14.4. The van der Waals surface area contributed by atoms with Crippen LogP contribution < -0.4 is 15.4 Å². The summed E-state index contributed by atoms with van der Waals surface area (Å²) in [6.07, 6.45) is -0.226. The quantitative estimate of drug-likeness (QED) is 0.652. The van der Waals surface area contributed by atoms with Gasteiger partial charge in [0.15, 0.2) is 0 Å². The number of nitrogen functional groups attached to an aromatic ring is 1. The lowest BCUT2D eigenvalue weighted by Crippen LogP contribution is -2.24. The van der Waals surface area contributed by atoms with Gasteiger partial charge in [-0.25, -0.2) is 4.79 Å². The second-order valence-electron chi connectivity index (χ2n) is 5.97. The van der Waals surface area contributed by atoms with E-state index in [0.29, 0.717) is 22.9 Å². The Kier molecular flexibility index (Phi) is 5.08. The van der Waals surface area contributed by atoms with E-state index in [4.69, 9.17) is 15.6 Å². The van der Waals surface area contributed by atoms with Crippen molar-refractivity contribution in [2.45, 2.75) is 6.42 Å². The Hall–Kier alpha value is -3.47. The van der Waals surface area contributed by atoms with Crippen LogP contribution in [0.5, 0.6) is 11.5 Å². The van der Waals surface area contributed by atoms with Crippen LogP contribution in [0.15, 0.2) is 72.8 Å². The molecule has 0 saturated heterocycles. The molecule has 0 radical (unpaired) electrons. The highest BCUT2D eigenvalue weighted by atomic mass is 16.5. The highest BCUT2D eigenvalue weighted by Gasteiger charge is 2.13. The second kappa shape index (κ2) is 7.61. The number of carbonyl (C=O) groups is 1. The maximum absolute atomic E-state index is 11.1. The Labute approximate surface area is 152 Å². The molecule has 0 unspecified atom stereocenters. The standard InChI is InChI=1S/C21H20N2O3/c1-23(21(24)25)20-14-18(11-12-19(20)22)26-17-9-7-16(8-10-17)13-15-5-3-2-4-6-15/h2-12,14H,13,22H2,1H3,(H,24,25). The zero-order chi connectivity index (χ0) is 18.5. The summed E-state index contributed by atoms with van der Waals surface area (Å²) in [6, 6.07) is 23.0. The molecule has 0 aliphatic carbocycles. The van der Waals surface area contributed by atoms with Crippen LogP contribution in [-0.2, 0) is 6.42 Å². The molecule has 0 aromatic heterocycles. The molecule has 26 heavy (non-hydrogen) atoms. The molecule has 3 rings (SSSR count). The third kappa shape index (κ3) is 4.13. The first-order valence-corrected chi connectivity index (χ1v) is 8.20. The van der Waals surface area contributed by atoms with Gasteiger partial charge in [-0.3, -0.25) is 4.90 Å². The minimum atomic E-state index is -1.08. The molecule has 0 fully saturated rings. The van der Waals surface area contributed by atoms with Gasteiger partial charge in [0.25, 0.3) is 0 Å². The molecule has 5 nitrogen and oxygen atoms in total. The predicted molar refractivity (Wildman–Crippen MR) is 103 cm³/mol. The van der Waals surface area contributed by atoms with Crippen molar-refractivity contribution < 1.29 is 14.6 Å². The molecule has 5 heteroatoms. The molecule has 3 aromatic carbocycles. The van der Waals surface area contributed by atoms with Gasteiger partial charge in [-0.15, -0.1) is 0 Å². The summed E-state index contributed by atoms with van der Waals surface area (Å²) >= 11 is 0. The van der Waals surface area contributed by atoms with Crippen LogP contribution in [0.2, 0.25) is 0 Å². The minimum absolute atomic E-state index is 0.375. The molecule has 1 amide bonds. The van der Waals surface area contributed by atoms with Gasteiger partial charge in [0.2, 0.25) is 0 Å². The topological polar surface area (TPSA) is 75.8 Å². The average Bonchev–Trinajstić information content (AvgIpc) is 2.65. The van der Waals surface area contributed by atoms with Crippen molar-refractivity contribution in [2.24, 2.45) is 0 Å². The van der Waals surface area contributed by atoms with Crippen molar-refractivity contribution >= 4 is 17.5 Å². The molecule has 3 aromatic rings. The van der Waals surface area contributed by atoms with Crippen LogP contribution in [0.1, 0.15) is 11.1 Å². The number of anilines is 2. The molecular formula is C21H20N2O3. The van der Waals surface area contributed by atoms with E-state index in [1.54, 1.807) is 18.2 Å². The number of benzene rings is 3. The summed E-state index contributed by atoms with van der Waals surface area (Å²) in [7, 11) is 1.44. The molecule has 3 N–H and O–H groups in total. The number of rotatable bonds is 5. The first kappa shape index (κ1) is 17.4. The predicted octanol–water partition coefficient (Wildman–Crippen LogP) is 4.77. The lowest BCUT2D eigenvalue weighted by atomic mass is 10.1. The minimum Gasteiger partial charge on any atom is -0.465 e. The van der Waals surface area contributed by atoms with E-state index < -0.39 is 6.09 Å². The van der Waals surface area contributed by atoms with Gasteiger partial charge >= 0.3 is 6.09 Å². The number of amides is 1. The molecule has 0 bridgehead atoms. The number of hydrogen-bond acceptors (Lipinski definition) is 3. The maximum Gasteiger partial charge on any atom is 0.411 e. The third-order valence-corrected chi connectivity index (χ3v) is 4.06. The van der Waals surface area contributed by atoms with Crippen molar-refractivity contribution in [1.82, 2.24) is 0 Å². The highest BCUT2D eigenvalue weighted by Crippen LogP contribution is 2.30. The van der Waals surface area contributed by atoms with Crippen molar-refractivity contribution in [3.8, 4) is 11.5 Å². The van der Waals surface area contributed by atoms with Gasteiger partial charge in [-0.2, -0.15) is 0 Å². The van der Waals surface area contributed by atoms with Crippen LogP contribution in [0, 0.1) is 0 Å². The van der Waals surface area contributed by atoms with Crippen molar-refractivity contribution in [3.63, 3.8) is 0 Å². The number of ether oxygens (including phenoxy) is 1. The van der Waals surface area contributed by atoms with Crippen molar-refractivity contribution in [1.29, 1.82) is 0 Å². The summed E-state index contributed by atoms with van der Waals surface area (Å²) in [5.41, 5.74) is 9.05. The smallest absolute Gasteiger partial charge is 0.411 e. The molecule has 0 spiro atoms. The Bertz CT molecular complexity index is 893. The Morgan fingerprint density at radius 1 is 0.962 bits per heavy atom. The van der Waals surface area contributed by atoms with Crippen LogP contribution >= 0.6 is 0 Å². The lowest BCUT2D eigenvalue weighted by molar-refractivity contribution is 0.203. The van der Waals surface area contributed by atoms with E-state index in [0.717, 1.165) is 11.3 Å². The Morgan fingerprint density at radius 3 is 2.23 bits per heavy atom. The fourth-order valence-electron chi connectivity index (χ4n) is 2.62. The van der Waals surface area contributed by atoms with Gasteiger partial charge in [-0.05, 0) is 41.8 Å². The largest absolute Gasteiger partial charge is 0.465 e. The number of carboxylic acid groups (broad SMARTS) is 1. The Morgan fingerprint density at radius 2 is 1.58 bits per heavy atom. The fourth-order valence-corrected chi connectivity index (χ4v) is 2.62. The summed E-state index contributed by atoms with van der Waals surface area (Å²) < 4.78 is 5.83. The summed E-state index contributed by atoms with van der Waals surface area (Å²) in [6.45, 7) is 0. The van der Waals surface area contributed by atoms with Crippen LogP contribution in [0.4, 0.5) is 16.2 Å². The van der Waals surface area contributed by atoms with Gasteiger partial charge < -0.3 is 15.6 Å². The maximum atomic E-state index is 11.1. The number of nitrogens with two attached hydrogens (primary N) is 1. The molecule has 0 aliphatic rings. The third-order valence-electron chi connectivity index (χ3n) is 4.06. The van der Waals surface area contributed by atoms with Gasteiger partial charge in [0, 0.05) is 13.1 Å². The van der Waals surface area contributed by atoms with Crippen LogP contribution in [0.3, 0.4) is 0 Å². The van der Waals surface area contributed by atoms with Gasteiger partial charge in [0.05, 0.1) is 11.4 Å². The van der Waals surface area contributed by atoms with E-state index in [1.807, 2.05) is 42.5 Å². The highest BCUT2D eigenvalue weighted by molar-refractivity contribution is 5.90. The average molecular weight is 348 g/mol. The first-order valence-electron chi connectivity index (χ1n) is 8.20. The van der Waals surface area contributed by atoms with E-state index in [9.17, 15) is 4.79 Å². The van der Waals surface area contributed by atoms with Crippen molar-refractivity contribution in [2.75, 3.05) is 17.7 Å². The van der Waals surface area contributed by atoms with Gasteiger partial charge in [0.1, 0.15) is 11.5 Å². The fraction of sp³-hybridized carbons (Fsp3) is 0.0952.